The second-order valence-electron chi connectivity index (χ2n) is 4.28. The minimum atomic E-state index is -0.501. The Morgan fingerprint density at radius 3 is 3.00 bits per heavy atom. The lowest BCUT2D eigenvalue weighted by atomic mass is 10.2. The molecular weight excluding hydrogens is 294 g/mol. The van der Waals surface area contributed by atoms with Crippen LogP contribution < -0.4 is 4.74 Å². The molecule has 1 aromatic carbocycles. The van der Waals surface area contributed by atoms with Gasteiger partial charge in [0.15, 0.2) is 16.9 Å². The SMILES string of the molecule is Cc1ccc([N+](=O)[O-])cc1Oc1nc2sccn2c1C=O. The van der Waals surface area contributed by atoms with Gasteiger partial charge in [-0.25, -0.2) is 0 Å². The number of benzene rings is 1. The topological polar surface area (TPSA) is 86.7 Å². The molecule has 106 valence electrons. The Bertz CT molecular complexity index is 852. The minimum absolute atomic E-state index is 0.0794. The summed E-state index contributed by atoms with van der Waals surface area (Å²) in [6.07, 6.45) is 2.36. The quantitative estimate of drug-likeness (QED) is 0.419. The standard InChI is InChI=1S/C13H9N3O4S/c1-8-2-3-9(16(18)19)6-11(8)20-12-10(7-17)15-4-5-21-13(15)14-12/h2-7H,1H3. The average Bonchev–Trinajstić information content (AvgIpc) is 3.01. The van der Waals surface area contributed by atoms with Gasteiger partial charge in [0.2, 0.25) is 5.88 Å². The van der Waals surface area contributed by atoms with Crippen LogP contribution in [0.3, 0.4) is 0 Å². The molecule has 0 bridgehead atoms. The highest BCUT2D eigenvalue weighted by atomic mass is 32.1. The third kappa shape index (κ3) is 2.25. The zero-order valence-electron chi connectivity index (χ0n) is 10.8. The lowest BCUT2D eigenvalue weighted by Crippen LogP contribution is -1.95. The van der Waals surface area contributed by atoms with Crippen molar-refractivity contribution in [3.8, 4) is 11.6 Å². The van der Waals surface area contributed by atoms with Crippen molar-refractivity contribution in [1.82, 2.24) is 9.38 Å². The zero-order chi connectivity index (χ0) is 15.0. The van der Waals surface area contributed by atoms with Crippen LogP contribution in [0.1, 0.15) is 16.1 Å². The van der Waals surface area contributed by atoms with E-state index in [1.165, 1.54) is 23.5 Å². The lowest BCUT2D eigenvalue weighted by molar-refractivity contribution is -0.384. The van der Waals surface area contributed by atoms with Crippen LogP contribution in [0.4, 0.5) is 5.69 Å². The smallest absolute Gasteiger partial charge is 0.273 e. The van der Waals surface area contributed by atoms with Gasteiger partial charge in [-0.1, -0.05) is 0 Å². The maximum atomic E-state index is 11.2. The van der Waals surface area contributed by atoms with E-state index >= 15 is 0 Å². The second kappa shape index (κ2) is 4.98. The molecule has 7 nitrogen and oxygen atoms in total. The van der Waals surface area contributed by atoms with E-state index in [0.29, 0.717) is 22.6 Å². The molecule has 0 saturated carbocycles. The van der Waals surface area contributed by atoms with Gasteiger partial charge in [0.1, 0.15) is 5.75 Å². The third-order valence-corrected chi connectivity index (χ3v) is 3.72. The van der Waals surface area contributed by atoms with Crippen molar-refractivity contribution in [3.05, 3.63) is 51.1 Å². The molecule has 0 aliphatic heterocycles. The van der Waals surface area contributed by atoms with Gasteiger partial charge in [-0.2, -0.15) is 4.98 Å². The molecule has 0 amide bonds. The summed E-state index contributed by atoms with van der Waals surface area (Å²) in [4.78, 5) is 26.4. The van der Waals surface area contributed by atoms with Crippen LogP contribution in [0.5, 0.6) is 11.6 Å². The maximum absolute atomic E-state index is 11.2. The van der Waals surface area contributed by atoms with E-state index in [9.17, 15) is 14.9 Å². The molecule has 2 heterocycles. The molecule has 2 aromatic heterocycles. The molecular formula is C13H9N3O4S. The minimum Gasteiger partial charge on any atom is -0.436 e. The highest BCUT2D eigenvalue weighted by Crippen LogP contribution is 2.31. The molecule has 0 N–H and O–H groups in total. The Labute approximate surface area is 122 Å². The molecule has 0 radical (unpaired) electrons. The van der Waals surface area contributed by atoms with E-state index in [4.69, 9.17) is 4.74 Å². The number of ether oxygens (including phenoxy) is 1. The molecule has 3 aromatic rings. The van der Waals surface area contributed by atoms with E-state index in [2.05, 4.69) is 4.98 Å². The number of nitro benzene ring substituents is 1. The van der Waals surface area contributed by atoms with E-state index in [1.807, 2.05) is 0 Å². The number of carbonyl (C=O) groups is 1. The van der Waals surface area contributed by atoms with E-state index in [-0.39, 0.29) is 17.3 Å². The fourth-order valence-electron chi connectivity index (χ4n) is 1.88. The van der Waals surface area contributed by atoms with Crippen molar-refractivity contribution < 1.29 is 14.5 Å². The van der Waals surface area contributed by atoms with Crippen LogP contribution in [0.25, 0.3) is 4.96 Å². The summed E-state index contributed by atoms with van der Waals surface area (Å²) in [5.41, 5.74) is 0.912. The van der Waals surface area contributed by atoms with Gasteiger partial charge < -0.3 is 4.74 Å². The van der Waals surface area contributed by atoms with E-state index in [1.54, 1.807) is 29.0 Å². The molecule has 0 spiro atoms. The van der Waals surface area contributed by atoms with Crippen molar-refractivity contribution in [1.29, 1.82) is 0 Å². The number of carbonyl (C=O) groups excluding carboxylic acids is 1. The lowest BCUT2D eigenvalue weighted by Gasteiger charge is -2.06. The molecule has 0 fully saturated rings. The average molecular weight is 303 g/mol. The van der Waals surface area contributed by atoms with Crippen molar-refractivity contribution in [3.63, 3.8) is 0 Å². The predicted octanol–water partition coefficient (Wildman–Crippen LogP) is 3.22. The number of hydrogen-bond acceptors (Lipinski definition) is 6. The van der Waals surface area contributed by atoms with Crippen LogP contribution in [0.2, 0.25) is 0 Å². The summed E-state index contributed by atoms with van der Waals surface area (Å²) in [5.74, 6) is 0.443. The number of imidazole rings is 1. The number of non-ortho nitro benzene ring substituents is 1. The number of hydrogen-bond donors (Lipinski definition) is 0. The van der Waals surface area contributed by atoms with E-state index < -0.39 is 4.92 Å². The predicted molar refractivity (Wildman–Crippen MR) is 76.4 cm³/mol. The molecule has 0 atom stereocenters. The molecule has 3 rings (SSSR count). The summed E-state index contributed by atoms with van der Waals surface area (Å²) >= 11 is 1.37. The number of fused-ring (bicyclic) bond motifs is 1. The number of nitro groups is 1. The van der Waals surface area contributed by atoms with Crippen molar-refractivity contribution in [2.45, 2.75) is 6.92 Å². The summed E-state index contributed by atoms with van der Waals surface area (Å²) < 4.78 is 7.22. The summed E-state index contributed by atoms with van der Waals surface area (Å²) in [7, 11) is 0. The van der Waals surface area contributed by atoms with Crippen LogP contribution >= 0.6 is 11.3 Å². The maximum Gasteiger partial charge on any atom is 0.273 e. The Morgan fingerprint density at radius 1 is 1.48 bits per heavy atom. The normalized spacial score (nSPS) is 10.7. The second-order valence-corrected chi connectivity index (χ2v) is 5.16. The Balaban J connectivity index is 2.05. The van der Waals surface area contributed by atoms with Gasteiger partial charge in [-0.15, -0.1) is 11.3 Å². The number of thiazole rings is 1. The molecule has 0 saturated heterocycles. The van der Waals surface area contributed by atoms with Crippen LogP contribution in [0, 0.1) is 17.0 Å². The van der Waals surface area contributed by atoms with Crippen molar-refractivity contribution in [2.24, 2.45) is 0 Å². The van der Waals surface area contributed by atoms with Crippen LogP contribution in [0.15, 0.2) is 29.8 Å². The molecule has 21 heavy (non-hydrogen) atoms. The van der Waals surface area contributed by atoms with Gasteiger partial charge in [0, 0.05) is 17.6 Å². The first kappa shape index (κ1) is 13.3. The molecule has 0 aliphatic carbocycles. The zero-order valence-corrected chi connectivity index (χ0v) is 11.7. The Kier molecular flexibility index (Phi) is 3.15. The summed E-state index contributed by atoms with van der Waals surface area (Å²) in [5, 5.41) is 12.6. The first-order chi connectivity index (χ1) is 10.1. The van der Waals surface area contributed by atoms with Gasteiger partial charge in [0.05, 0.1) is 11.0 Å². The van der Waals surface area contributed by atoms with Crippen LogP contribution in [-0.2, 0) is 0 Å². The van der Waals surface area contributed by atoms with Gasteiger partial charge in [0.25, 0.3) is 5.69 Å². The number of aldehydes is 1. The fourth-order valence-corrected chi connectivity index (χ4v) is 2.59. The number of nitrogens with zero attached hydrogens (tertiary/aromatic N) is 3. The van der Waals surface area contributed by atoms with Crippen LogP contribution in [-0.4, -0.2) is 20.6 Å². The van der Waals surface area contributed by atoms with E-state index in [0.717, 1.165) is 0 Å². The van der Waals surface area contributed by atoms with Gasteiger partial charge >= 0.3 is 0 Å². The highest BCUT2D eigenvalue weighted by molar-refractivity contribution is 7.15. The summed E-state index contributed by atoms with van der Waals surface area (Å²) in [6, 6.07) is 4.30. The Morgan fingerprint density at radius 2 is 2.29 bits per heavy atom. The molecule has 8 heteroatoms. The number of aromatic nitrogens is 2. The first-order valence-corrected chi connectivity index (χ1v) is 6.81. The molecule has 0 unspecified atom stereocenters. The van der Waals surface area contributed by atoms with Gasteiger partial charge in [-0.05, 0) is 18.6 Å². The van der Waals surface area contributed by atoms with Crippen molar-refractivity contribution in [2.75, 3.05) is 0 Å². The first-order valence-electron chi connectivity index (χ1n) is 5.94. The largest absolute Gasteiger partial charge is 0.436 e. The van der Waals surface area contributed by atoms with Gasteiger partial charge in [-0.3, -0.25) is 19.3 Å². The monoisotopic (exact) mass is 303 g/mol. The number of rotatable bonds is 4. The van der Waals surface area contributed by atoms with Crippen molar-refractivity contribution >= 4 is 28.3 Å². The highest BCUT2D eigenvalue weighted by Gasteiger charge is 2.17. The Hall–Kier alpha value is -2.74. The molecule has 0 aliphatic rings. The number of aryl methyl sites for hydroxylation is 1. The third-order valence-electron chi connectivity index (χ3n) is 2.97. The summed E-state index contributed by atoms with van der Waals surface area (Å²) in [6.45, 7) is 1.76. The fraction of sp³-hybridized carbons (Fsp3) is 0.0769.